The zero-order chi connectivity index (χ0) is 31.4. The lowest BCUT2D eigenvalue weighted by Crippen LogP contribution is -2.49. The highest BCUT2D eigenvalue weighted by Gasteiger charge is 2.51. The van der Waals surface area contributed by atoms with Gasteiger partial charge in [-0.2, -0.15) is 0 Å². The van der Waals surface area contributed by atoms with Crippen molar-refractivity contribution in [2.75, 3.05) is 6.61 Å². The molecule has 3 rings (SSSR count). The first kappa shape index (κ1) is 32.8. The van der Waals surface area contributed by atoms with E-state index in [1.54, 1.807) is 13.0 Å². The Morgan fingerprint density at radius 3 is 1.95 bits per heavy atom. The number of aryl methyl sites for hydroxylation is 1. The Morgan fingerprint density at radius 2 is 1.33 bits per heavy atom. The first-order valence-corrected chi connectivity index (χ1v) is 14.5. The number of ketones is 2. The second-order valence-electron chi connectivity index (χ2n) is 11.8. The lowest BCUT2D eigenvalue weighted by atomic mass is 9.73. The Labute approximate surface area is 248 Å². The third-order valence-corrected chi connectivity index (χ3v) is 8.11. The van der Waals surface area contributed by atoms with Crippen molar-refractivity contribution < 1.29 is 35.1 Å². The zero-order valence-electron chi connectivity index (χ0n) is 25.6. The molecule has 0 radical (unpaired) electrons. The predicted octanol–water partition coefficient (Wildman–Crippen LogP) is 7.19. The van der Waals surface area contributed by atoms with Gasteiger partial charge in [-0.1, -0.05) is 41.0 Å². The monoisotopic (exact) mass is 576 g/mol. The van der Waals surface area contributed by atoms with Crippen LogP contribution in [0.15, 0.2) is 52.7 Å². The van der Waals surface area contributed by atoms with E-state index >= 15 is 0 Å². The Kier molecular flexibility index (Phi) is 10.6. The molecule has 0 aromatic heterocycles. The average Bonchev–Trinajstić information content (AvgIpc) is 2.92. The maximum Gasteiger partial charge on any atom is 0.207 e. The van der Waals surface area contributed by atoms with Gasteiger partial charge in [-0.05, 0) is 97.3 Å². The third kappa shape index (κ3) is 6.69. The molecular formula is C35H44O7. The largest absolute Gasteiger partial charge is 0.507 e. The zero-order valence-corrected chi connectivity index (χ0v) is 25.6. The topological polar surface area (TPSA) is 135 Å². The van der Waals surface area contributed by atoms with Crippen molar-refractivity contribution in [3.8, 4) is 17.2 Å². The van der Waals surface area contributed by atoms with Crippen LogP contribution in [0.2, 0.25) is 0 Å². The molecule has 1 aliphatic rings. The Hall–Kier alpha value is -3.68. The molecule has 0 spiro atoms. The van der Waals surface area contributed by atoms with Gasteiger partial charge in [0.05, 0.1) is 17.7 Å². The molecule has 5 N–H and O–H groups in total. The molecule has 7 nitrogen and oxygen atoms in total. The minimum atomic E-state index is -2.50. The van der Waals surface area contributed by atoms with E-state index in [2.05, 4.69) is 39.0 Å². The van der Waals surface area contributed by atoms with E-state index in [1.807, 2.05) is 6.92 Å². The highest BCUT2D eigenvalue weighted by Crippen LogP contribution is 2.49. The van der Waals surface area contributed by atoms with Crippen LogP contribution >= 0.6 is 0 Å². The lowest BCUT2D eigenvalue weighted by Gasteiger charge is -2.32. The van der Waals surface area contributed by atoms with Gasteiger partial charge in [-0.15, -0.1) is 0 Å². The molecule has 7 heteroatoms. The number of carbonyl (C=O) groups excluding carboxylic acids is 2. The van der Waals surface area contributed by atoms with Crippen LogP contribution in [0, 0.1) is 13.8 Å². The van der Waals surface area contributed by atoms with E-state index in [0.29, 0.717) is 12.0 Å². The summed E-state index contributed by atoms with van der Waals surface area (Å²) in [5.41, 5.74) is 1.87. The summed E-state index contributed by atoms with van der Waals surface area (Å²) in [6.07, 6.45) is 12.7. The number of aliphatic hydroxyl groups excluding tert-OH is 1. The minimum absolute atomic E-state index is 0.0389. The van der Waals surface area contributed by atoms with E-state index in [0.717, 1.165) is 43.3 Å². The third-order valence-electron chi connectivity index (χ3n) is 8.11. The van der Waals surface area contributed by atoms with Gasteiger partial charge in [-0.25, -0.2) is 0 Å². The summed E-state index contributed by atoms with van der Waals surface area (Å²) in [5.74, 6) is -3.13. The standard InChI is InChI=1S/C35H44O7/c1-20(2)10-7-14-25(19-36)15-9-13-21(3)11-8-12-22(4)16-17-35(42)33(40)28-26(37)18-23(5)27-29(28)30(34(35)41)32(39)24(6)31(27)38/h10-11,15-16,18,36-39,42H,7-9,12-14,17,19H2,1-6H3/b21-11+,22-16+,25-15-/t35-/m0/s1. The fraction of sp³-hybridized carbons (Fsp3) is 0.429. The SMILES string of the molecule is CC(C)=CCC/C(=C/CC/C(C)=C/CC/C(C)=C/C[C@]1(O)C(=O)c2c(O)cc(C)c3c(O)c(C)c(O)c(c23)C1=O)CO. The van der Waals surface area contributed by atoms with Crippen molar-refractivity contribution >= 4 is 22.3 Å². The molecule has 0 saturated carbocycles. The van der Waals surface area contributed by atoms with E-state index < -0.39 is 28.7 Å². The molecular weight excluding hydrogens is 532 g/mol. The molecule has 0 fully saturated rings. The van der Waals surface area contributed by atoms with Crippen LogP contribution in [-0.4, -0.2) is 49.3 Å². The maximum absolute atomic E-state index is 13.6. The fourth-order valence-electron chi connectivity index (χ4n) is 5.48. The first-order valence-electron chi connectivity index (χ1n) is 14.5. The summed E-state index contributed by atoms with van der Waals surface area (Å²) >= 11 is 0. The van der Waals surface area contributed by atoms with Gasteiger partial charge < -0.3 is 25.5 Å². The van der Waals surface area contributed by atoms with Crippen molar-refractivity contribution in [1.82, 2.24) is 0 Å². The number of Topliss-reactive ketones (excluding diaryl/α,β-unsaturated/α-hetero) is 2. The van der Waals surface area contributed by atoms with Gasteiger partial charge >= 0.3 is 0 Å². The van der Waals surface area contributed by atoms with Crippen molar-refractivity contribution in [3.63, 3.8) is 0 Å². The normalized spacial score (nSPS) is 17.8. The second-order valence-corrected chi connectivity index (χ2v) is 11.8. The Morgan fingerprint density at radius 1 is 0.762 bits per heavy atom. The van der Waals surface area contributed by atoms with Gasteiger partial charge in [0.1, 0.15) is 17.2 Å². The summed E-state index contributed by atoms with van der Waals surface area (Å²) in [7, 11) is 0. The molecule has 2 aromatic carbocycles. The van der Waals surface area contributed by atoms with Gasteiger partial charge in [-0.3, -0.25) is 9.59 Å². The second kappa shape index (κ2) is 13.5. The van der Waals surface area contributed by atoms with Crippen LogP contribution < -0.4 is 0 Å². The molecule has 2 aromatic rings. The number of benzene rings is 2. The quantitative estimate of drug-likeness (QED) is 0.133. The minimum Gasteiger partial charge on any atom is -0.507 e. The molecule has 1 aliphatic carbocycles. The molecule has 0 bridgehead atoms. The highest BCUT2D eigenvalue weighted by molar-refractivity contribution is 6.36. The number of hydrogen-bond acceptors (Lipinski definition) is 7. The van der Waals surface area contributed by atoms with Gasteiger partial charge in [0, 0.05) is 22.8 Å². The molecule has 1 atom stereocenters. The Balaban J connectivity index is 1.72. The summed E-state index contributed by atoms with van der Waals surface area (Å²) in [4.78, 5) is 27.1. The maximum atomic E-state index is 13.6. The number of allylic oxidation sites excluding steroid dienone is 6. The molecule has 42 heavy (non-hydrogen) atoms. The highest BCUT2D eigenvalue weighted by atomic mass is 16.3. The van der Waals surface area contributed by atoms with Crippen LogP contribution in [0.4, 0.5) is 0 Å². The average molecular weight is 577 g/mol. The van der Waals surface area contributed by atoms with Crippen LogP contribution in [0.1, 0.15) is 104 Å². The van der Waals surface area contributed by atoms with Gasteiger partial charge in [0.25, 0.3) is 0 Å². The first-order chi connectivity index (χ1) is 19.7. The fourth-order valence-corrected chi connectivity index (χ4v) is 5.48. The van der Waals surface area contributed by atoms with E-state index in [1.165, 1.54) is 24.1 Å². The molecule has 0 saturated heterocycles. The number of phenolic OH excluding ortho intramolecular Hbond substituents is 3. The molecule has 0 heterocycles. The van der Waals surface area contributed by atoms with Crippen molar-refractivity contribution in [2.45, 2.75) is 92.1 Å². The predicted molar refractivity (Wildman–Crippen MR) is 166 cm³/mol. The molecule has 0 unspecified atom stereocenters. The van der Waals surface area contributed by atoms with Crippen molar-refractivity contribution in [3.05, 3.63) is 74.9 Å². The summed E-state index contributed by atoms with van der Waals surface area (Å²) < 4.78 is 0. The number of aromatic hydroxyl groups is 3. The summed E-state index contributed by atoms with van der Waals surface area (Å²) in [5, 5.41) is 53.3. The van der Waals surface area contributed by atoms with Crippen LogP contribution in [0.3, 0.4) is 0 Å². The number of aliphatic hydroxyl groups is 2. The van der Waals surface area contributed by atoms with E-state index in [-0.39, 0.29) is 46.2 Å². The van der Waals surface area contributed by atoms with E-state index in [4.69, 9.17) is 0 Å². The van der Waals surface area contributed by atoms with Gasteiger partial charge in [0.15, 0.2) is 5.60 Å². The van der Waals surface area contributed by atoms with Crippen molar-refractivity contribution in [1.29, 1.82) is 0 Å². The summed E-state index contributed by atoms with van der Waals surface area (Å²) in [6.45, 7) is 11.2. The number of hydrogen-bond donors (Lipinski definition) is 5. The molecule has 0 aliphatic heterocycles. The molecule has 0 amide bonds. The number of carbonyl (C=O) groups is 2. The van der Waals surface area contributed by atoms with Crippen LogP contribution in [-0.2, 0) is 0 Å². The van der Waals surface area contributed by atoms with Crippen LogP contribution in [0.25, 0.3) is 10.8 Å². The molecule has 226 valence electrons. The van der Waals surface area contributed by atoms with Gasteiger partial charge in [0.2, 0.25) is 11.6 Å². The van der Waals surface area contributed by atoms with Crippen LogP contribution in [0.5, 0.6) is 17.2 Å². The lowest BCUT2D eigenvalue weighted by molar-refractivity contribution is 0.0294. The van der Waals surface area contributed by atoms with Crippen molar-refractivity contribution in [2.24, 2.45) is 0 Å². The summed E-state index contributed by atoms with van der Waals surface area (Å²) in [6, 6.07) is 1.31. The number of rotatable bonds is 12. The Bertz CT molecular complexity index is 1520. The van der Waals surface area contributed by atoms with E-state index in [9.17, 15) is 35.1 Å². The smallest absolute Gasteiger partial charge is 0.207 e. The number of phenols is 3.